The number of hydrogen-bond donors (Lipinski definition) is 1. The van der Waals surface area contributed by atoms with E-state index in [1.165, 1.54) is 12.8 Å². The van der Waals surface area contributed by atoms with E-state index >= 15 is 0 Å². The molecule has 0 rings (SSSR count). The summed E-state index contributed by atoms with van der Waals surface area (Å²) < 4.78 is 0. The summed E-state index contributed by atoms with van der Waals surface area (Å²) in [5.41, 5.74) is 5.10. The van der Waals surface area contributed by atoms with Crippen molar-refractivity contribution in [2.45, 2.75) is 51.3 Å². The Balaban J connectivity index is 3.75. The smallest absolute Gasteiger partial charge is 0.235 e. The monoisotopic (exact) mass is 205 g/mol. The maximum Gasteiger partial charge on any atom is 0.235 e. The molecule has 3 heteroatoms. The molecule has 2 atom stereocenters. The molecular weight excluding hydrogens is 186 g/mol. The second-order valence-corrected chi connectivity index (χ2v) is 4.05. The van der Waals surface area contributed by atoms with Crippen LogP contribution in [0.1, 0.15) is 46.0 Å². The third-order valence-electron chi connectivity index (χ3n) is 2.39. The molecule has 0 saturated carbocycles. The summed E-state index contributed by atoms with van der Waals surface area (Å²) in [5, 5.41) is -0.484. The van der Waals surface area contributed by atoms with Crippen molar-refractivity contribution in [3.05, 3.63) is 0 Å². The molecule has 0 spiro atoms. The number of amides is 1. The van der Waals surface area contributed by atoms with Crippen LogP contribution in [0.3, 0.4) is 0 Å². The van der Waals surface area contributed by atoms with Crippen molar-refractivity contribution in [3.8, 4) is 0 Å². The van der Waals surface area contributed by atoms with Gasteiger partial charge in [0.05, 0.1) is 0 Å². The van der Waals surface area contributed by atoms with Gasteiger partial charge in [-0.25, -0.2) is 0 Å². The molecule has 2 N–H and O–H groups in total. The first kappa shape index (κ1) is 12.8. The third-order valence-corrected chi connectivity index (χ3v) is 2.79. The lowest BCUT2D eigenvalue weighted by Gasteiger charge is -2.15. The highest BCUT2D eigenvalue weighted by atomic mass is 35.5. The lowest BCUT2D eigenvalue weighted by molar-refractivity contribution is -0.118. The maximum atomic E-state index is 10.7. The second kappa shape index (κ2) is 7.19. The van der Waals surface area contributed by atoms with Crippen molar-refractivity contribution in [2.24, 2.45) is 11.7 Å². The molecule has 78 valence electrons. The number of nitrogens with two attached hydrogens (primary N) is 1. The predicted octanol–water partition coefficient (Wildman–Crippen LogP) is 2.69. The van der Waals surface area contributed by atoms with Gasteiger partial charge in [0.1, 0.15) is 5.38 Å². The van der Waals surface area contributed by atoms with Gasteiger partial charge in [0.2, 0.25) is 5.91 Å². The molecule has 0 aliphatic heterocycles. The molecule has 13 heavy (non-hydrogen) atoms. The van der Waals surface area contributed by atoms with Gasteiger partial charge in [-0.1, -0.05) is 39.5 Å². The number of hydrogen-bond acceptors (Lipinski definition) is 1. The van der Waals surface area contributed by atoms with Gasteiger partial charge >= 0.3 is 0 Å². The Kier molecular flexibility index (Phi) is 7.06. The Morgan fingerprint density at radius 3 is 2.46 bits per heavy atom. The molecule has 0 radical (unpaired) electrons. The zero-order valence-corrected chi connectivity index (χ0v) is 9.31. The minimum absolute atomic E-state index is 0.392. The number of carbonyl (C=O) groups excluding carboxylic acids is 1. The molecular formula is C10H20ClNO. The van der Waals surface area contributed by atoms with Gasteiger partial charge in [-0.15, -0.1) is 11.6 Å². The van der Waals surface area contributed by atoms with Crippen molar-refractivity contribution in [2.75, 3.05) is 0 Å². The highest BCUT2D eigenvalue weighted by Crippen LogP contribution is 2.20. The highest BCUT2D eigenvalue weighted by Gasteiger charge is 2.16. The fourth-order valence-corrected chi connectivity index (χ4v) is 1.64. The molecule has 2 nitrogen and oxygen atoms in total. The Labute approximate surface area is 85.8 Å². The van der Waals surface area contributed by atoms with Crippen LogP contribution >= 0.6 is 11.6 Å². The Bertz CT molecular complexity index is 150. The largest absolute Gasteiger partial charge is 0.368 e. The Hall–Kier alpha value is -0.240. The van der Waals surface area contributed by atoms with Gasteiger partial charge < -0.3 is 5.73 Å². The van der Waals surface area contributed by atoms with Crippen LogP contribution < -0.4 is 5.73 Å². The summed E-state index contributed by atoms with van der Waals surface area (Å²) in [5.74, 6) is 0.159. The van der Waals surface area contributed by atoms with E-state index in [0.29, 0.717) is 5.92 Å². The first-order chi connectivity index (χ1) is 6.11. The lowest BCUT2D eigenvalue weighted by atomic mass is 9.94. The molecule has 0 aliphatic carbocycles. The summed E-state index contributed by atoms with van der Waals surface area (Å²) in [6.45, 7) is 4.30. The number of primary amides is 1. The molecule has 0 heterocycles. The maximum absolute atomic E-state index is 10.7. The van der Waals surface area contributed by atoms with Crippen LogP contribution in [0.25, 0.3) is 0 Å². The number of halogens is 1. The minimum Gasteiger partial charge on any atom is -0.368 e. The van der Waals surface area contributed by atoms with Crippen molar-refractivity contribution in [1.82, 2.24) is 0 Å². The fraction of sp³-hybridized carbons (Fsp3) is 0.900. The number of unbranched alkanes of at least 4 members (excludes halogenated alkanes) is 1. The van der Waals surface area contributed by atoms with Gasteiger partial charge in [0.25, 0.3) is 0 Å². The molecule has 0 aromatic rings. The molecule has 0 aromatic carbocycles. The molecule has 1 amide bonds. The average molecular weight is 206 g/mol. The van der Waals surface area contributed by atoms with E-state index in [1.54, 1.807) is 0 Å². The normalized spacial score (nSPS) is 15.3. The molecule has 0 saturated heterocycles. The zero-order chi connectivity index (χ0) is 10.3. The first-order valence-corrected chi connectivity index (χ1v) is 5.48. The van der Waals surface area contributed by atoms with Crippen molar-refractivity contribution in [1.29, 1.82) is 0 Å². The lowest BCUT2D eigenvalue weighted by Crippen LogP contribution is -2.25. The number of carbonyl (C=O) groups is 1. The first-order valence-electron chi connectivity index (χ1n) is 5.05. The zero-order valence-electron chi connectivity index (χ0n) is 8.55. The van der Waals surface area contributed by atoms with Crippen LogP contribution in [0.5, 0.6) is 0 Å². The molecule has 0 fully saturated rings. The quantitative estimate of drug-likeness (QED) is 0.639. The SMILES string of the molecule is CCCCC(CC)CC(Cl)C(N)=O. The summed E-state index contributed by atoms with van der Waals surface area (Å²) in [6.07, 6.45) is 5.37. The van der Waals surface area contributed by atoms with Gasteiger partial charge in [-0.05, 0) is 12.3 Å². The van der Waals surface area contributed by atoms with E-state index in [2.05, 4.69) is 13.8 Å². The van der Waals surface area contributed by atoms with Crippen LogP contribution in [-0.4, -0.2) is 11.3 Å². The standard InChI is InChI=1S/C10H20ClNO/c1-3-5-6-8(4-2)7-9(11)10(12)13/h8-9H,3-7H2,1-2H3,(H2,12,13). The van der Waals surface area contributed by atoms with Crippen LogP contribution in [0.15, 0.2) is 0 Å². The van der Waals surface area contributed by atoms with Crippen LogP contribution in [0.4, 0.5) is 0 Å². The molecule has 0 bridgehead atoms. The van der Waals surface area contributed by atoms with Crippen molar-refractivity contribution in [3.63, 3.8) is 0 Å². The van der Waals surface area contributed by atoms with Crippen molar-refractivity contribution < 1.29 is 4.79 Å². The summed E-state index contributed by atoms with van der Waals surface area (Å²) >= 11 is 5.79. The summed E-state index contributed by atoms with van der Waals surface area (Å²) in [4.78, 5) is 10.7. The van der Waals surface area contributed by atoms with E-state index in [9.17, 15) is 4.79 Å². The summed E-state index contributed by atoms with van der Waals surface area (Å²) in [7, 11) is 0. The van der Waals surface area contributed by atoms with Crippen LogP contribution in [0.2, 0.25) is 0 Å². The van der Waals surface area contributed by atoms with Gasteiger partial charge in [-0.2, -0.15) is 0 Å². The van der Waals surface area contributed by atoms with Crippen LogP contribution in [-0.2, 0) is 4.79 Å². The number of alkyl halides is 1. The third kappa shape index (κ3) is 5.92. The predicted molar refractivity (Wildman–Crippen MR) is 56.8 cm³/mol. The van der Waals surface area contributed by atoms with Gasteiger partial charge in [0.15, 0.2) is 0 Å². The van der Waals surface area contributed by atoms with E-state index < -0.39 is 11.3 Å². The van der Waals surface area contributed by atoms with E-state index in [-0.39, 0.29) is 0 Å². The van der Waals surface area contributed by atoms with Crippen molar-refractivity contribution >= 4 is 17.5 Å². The second-order valence-electron chi connectivity index (χ2n) is 3.52. The van der Waals surface area contributed by atoms with E-state index in [1.807, 2.05) is 0 Å². The van der Waals surface area contributed by atoms with Crippen LogP contribution in [0, 0.1) is 5.92 Å². The highest BCUT2D eigenvalue weighted by molar-refractivity contribution is 6.30. The van der Waals surface area contributed by atoms with Gasteiger partial charge in [-0.3, -0.25) is 4.79 Å². The average Bonchev–Trinajstić information content (AvgIpc) is 2.11. The Morgan fingerprint density at radius 1 is 1.46 bits per heavy atom. The van der Waals surface area contributed by atoms with E-state index in [0.717, 1.165) is 19.3 Å². The molecule has 0 aliphatic rings. The minimum atomic E-state index is -0.484. The topological polar surface area (TPSA) is 43.1 Å². The Morgan fingerprint density at radius 2 is 2.08 bits per heavy atom. The molecule has 2 unspecified atom stereocenters. The number of rotatable bonds is 7. The fourth-order valence-electron chi connectivity index (χ4n) is 1.39. The summed E-state index contributed by atoms with van der Waals surface area (Å²) in [6, 6.07) is 0. The molecule has 0 aromatic heterocycles. The van der Waals surface area contributed by atoms with Gasteiger partial charge in [0, 0.05) is 0 Å². The van der Waals surface area contributed by atoms with E-state index in [4.69, 9.17) is 17.3 Å².